The van der Waals surface area contributed by atoms with Gasteiger partial charge >= 0.3 is 0 Å². The number of halogens is 1. The summed E-state index contributed by atoms with van der Waals surface area (Å²) < 4.78 is 24.1. The highest BCUT2D eigenvalue weighted by molar-refractivity contribution is 5.76. The van der Waals surface area contributed by atoms with E-state index >= 15 is 0 Å². The summed E-state index contributed by atoms with van der Waals surface area (Å²) in [5.74, 6) is -0.0239. The van der Waals surface area contributed by atoms with Crippen molar-refractivity contribution in [3.05, 3.63) is 29.6 Å². The zero-order valence-corrected chi connectivity index (χ0v) is 13.3. The Morgan fingerprint density at radius 3 is 2.68 bits per heavy atom. The van der Waals surface area contributed by atoms with Crippen LogP contribution in [0.15, 0.2) is 18.2 Å². The van der Waals surface area contributed by atoms with Gasteiger partial charge in [0.25, 0.3) is 0 Å². The third kappa shape index (κ3) is 4.44. The van der Waals surface area contributed by atoms with Crippen LogP contribution in [0.3, 0.4) is 0 Å². The Morgan fingerprint density at radius 2 is 2.09 bits per heavy atom. The van der Waals surface area contributed by atoms with Gasteiger partial charge in [-0.3, -0.25) is 4.79 Å². The number of rotatable bonds is 6. The van der Waals surface area contributed by atoms with E-state index in [0.717, 1.165) is 38.1 Å². The number of ether oxygens (including phenoxy) is 2. The molecule has 122 valence electrons. The number of benzene rings is 1. The van der Waals surface area contributed by atoms with Gasteiger partial charge in [0.15, 0.2) is 11.6 Å². The SMILES string of the molecule is CCOC1CCN(C(=O)CCc2ccc(OC)c(F)c2)CC1. The van der Waals surface area contributed by atoms with Crippen LogP contribution in [0.5, 0.6) is 5.75 Å². The van der Waals surface area contributed by atoms with Crippen LogP contribution in [0, 0.1) is 5.82 Å². The first-order valence-electron chi connectivity index (χ1n) is 7.85. The van der Waals surface area contributed by atoms with Crippen LogP contribution in [0.4, 0.5) is 4.39 Å². The summed E-state index contributed by atoms with van der Waals surface area (Å²) in [5.41, 5.74) is 0.816. The zero-order chi connectivity index (χ0) is 15.9. The van der Waals surface area contributed by atoms with E-state index in [1.165, 1.54) is 13.2 Å². The molecule has 0 spiro atoms. The van der Waals surface area contributed by atoms with Crippen LogP contribution in [-0.4, -0.2) is 43.7 Å². The first-order valence-corrected chi connectivity index (χ1v) is 7.85. The highest BCUT2D eigenvalue weighted by Crippen LogP contribution is 2.19. The second kappa shape index (κ2) is 8.13. The van der Waals surface area contributed by atoms with Crippen LogP contribution >= 0.6 is 0 Å². The van der Waals surface area contributed by atoms with Crippen molar-refractivity contribution in [2.24, 2.45) is 0 Å². The molecule has 1 saturated heterocycles. The zero-order valence-electron chi connectivity index (χ0n) is 13.3. The maximum absolute atomic E-state index is 13.6. The molecule has 1 aliphatic rings. The van der Waals surface area contributed by atoms with Crippen molar-refractivity contribution in [3.63, 3.8) is 0 Å². The number of carbonyl (C=O) groups is 1. The predicted octanol–water partition coefficient (Wildman–Crippen LogP) is 2.79. The number of nitrogens with zero attached hydrogens (tertiary/aromatic N) is 1. The molecule has 1 amide bonds. The minimum absolute atomic E-state index is 0.131. The summed E-state index contributed by atoms with van der Waals surface area (Å²) >= 11 is 0. The lowest BCUT2D eigenvalue weighted by molar-refractivity contribution is -0.133. The minimum Gasteiger partial charge on any atom is -0.494 e. The average molecular weight is 309 g/mol. The van der Waals surface area contributed by atoms with Gasteiger partial charge in [-0.15, -0.1) is 0 Å². The molecular formula is C17H24FNO3. The molecule has 22 heavy (non-hydrogen) atoms. The third-order valence-corrected chi connectivity index (χ3v) is 4.04. The molecule has 0 aromatic heterocycles. The number of hydrogen-bond acceptors (Lipinski definition) is 3. The lowest BCUT2D eigenvalue weighted by atomic mass is 10.1. The maximum Gasteiger partial charge on any atom is 0.222 e. The summed E-state index contributed by atoms with van der Waals surface area (Å²) in [5, 5.41) is 0. The van der Waals surface area contributed by atoms with E-state index in [9.17, 15) is 9.18 Å². The Balaban J connectivity index is 1.79. The van der Waals surface area contributed by atoms with Crippen molar-refractivity contribution < 1.29 is 18.7 Å². The monoisotopic (exact) mass is 309 g/mol. The van der Waals surface area contributed by atoms with Crippen molar-refractivity contribution in [1.29, 1.82) is 0 Å². The Labute approximate surface area is 131 Å². The number of likely N-dealkylation sites (tertiary alicyclic amines) is 1. The lowest BCUT2D eigenvalue weighted by Crippen LogP contribution is -2.41. The quantitative estimate of drug-likeness (QED) is 0.811. The largest absolute Gasteiger partial charge is 0.494 e. The molecule has 1 aromatic carbocycles. The van der Waals surface area contributed by atoms with Crippen molar-refractivity contribution in [2.45, 2.75) is 38.7 Å². The van der Waals surface area contributed by atoms with E-state index in [-0.39, 0.29) is 23.6 Å². The van der Waals surface area contributed by atoms with Crippen molar-refractivity contribution in [3.8, 4) is 5.75 Å². The number of aryl methyl sites for hydroxylation is 1. The van der Waals surface area contributed by atoms with Gasteiger partial charge in [-0.1, -0.05) is 6.07 Å². The van der Waals surface area contributed by atoms with Crippen molar-refractivity contribution >= 4 is 5.91 Å². The molecule has 5 heteroatoms. The van der Waals surface area contributed by atoms with Gasteiger partial charge < -0.3 is 14.4 Å². The van der Waals surface area contributed by atoms with Crippen molar-refractivity contribution in [1.82, 2.24) is 4.90 Å². The van der Waals surface area contributed by atoms with E-state index < -0.39 is 0 Å². The second-order valence-electron chi connectivity index (χ2n) is 5.50. The third-order valence-electron chi connectivity index (χ3n) is 4.04. The fraction of sp³-hybridized carbons (Fsp3) is 0.588. The van der Waals surface area contributed by atoms with Gasteiger partial charge in [0.05, 0.1) is 13.2 Å². The van der Waals surface area contributed by atoms with Gasteiger partial charge in [0, 0.05) is 26.1 Å². The maximum atomic E-state index is 13.6. The topological polar surface area (TPSA) is 38.8 Å². The molecule has 1 fully saturated rings. The fourth-order valence-electron chi connectivity index (χ4n) is 2.78. The number of hydrogen-bond donors (Lipinski definition) is 0. The van der Waals surface area contributed by atoms with Gasteiger partial charge in [0.1, 0.15) is 0 Å². The summed E-state index contributed by atoms with van der Waals surface area (Å²) in [6, 6.07) is 4.84. The van der Waals surface area contributed by atoms with Crippen LogP contribution in [0.25, 0.3) is 0 Å². The van der Waals surface area contributed by atoms with Gasteiger partial charge in [-0.2, -0.15) is 0 Å². The van der Waals surface area contributed by atoms with E-state index in [4.69, 9.17) is 9.47 Å². The van der Waals surface area contributed by atoms with Crippen LogP contribution in [0.1, 0.15) is 31.7 Å². The molecule has 4 nitrogen and oxygen atoms in total. The number of amides is 1. The minimum atomic E-state index is -0.384. The molecule has 2 rings (SSSR count). The molecule has 0 atom stereocenters. The fourth-order valence-corrected chi connectivity index (χ4v) is 2.78. The van der Waals surface area contributed by atoms with Crippen molar-refractivity contribution in [2.75, 3.05) is 26.8 Å². The number of piperidine rings is 1. The molecule has 0 saturated carbocycles. The smallest absolute Gasteiger partial charge is 0.222 e. The average Bonchev–Trinajstić information content (AvgIpc) is 2.54. The molecule has 1 aromatic rings. The van der Waals surface area contributed by atoms with Gasteiger partial charge in [-0.05, 0) is 43.9 Å². The van der Waals surface area contributed by atoms with E-state index in [0.29, 0.717) is 12.8 Å². The Hall–Kier alpha value is -1.62. The van der Waals surface area contributed by atoms with Crippen LogP contribution < -0.4 is 4.74 Å². The van der Waals surface area contributed by atoms with Crippen LogP contribution in [-0.2, 0) is 16.0 Å². The van der Waals surface area contributed by atoms with E-state index in [1.807, 2.05) is 11.8 Å². The van der Waals surface area contributed by atoms with Gasteiger partial charge in [0.2, 0.25) is 5.91 Å². The predicted molar refractivity (Wildman–Crippen MR) is 82.5 cm³/mol. The summed E-state index contributed by atoms with van der Waals surface area (Å²) in [6.45, 7) is 4.22. The second-order valence-corrected chi connectivity index (χ2v) is 5.50. The molecule has 1 aliphatic heterocycles. The molecule has 0 radical (unpaired) electrons. The standard InChI is InChI=1S/C17H24FNO3/c1-3-22-14-8-10-19(11-9-14)17(20)7-5-13-4-6-16(21-2)15(18)12-13/h4,6,12,14H,3,5,7-11H2,1-2H3. The molecule has 0 bridgehead atoms. The number of methoxy groups -OCH3 is 1. The summed E-state index contributed by atoms with van der Waals surface area (Å²) in [6.07, 6.45) is 3.04. The highest BCUT2D eigenvalue weighted by atomic mass is 19.1. The molecule has 0 unspecified atom stereocenters. The molecule has 0 aliphatic carbocycles. The van der Waals surface area contributed by atoms with Crippen LogP contribution in [0.2, 0.25) is 0 Å². The highest BCUT2D eigenvalue weighted by Gasteiger charge is 2.22. The molecular weight excluding hydrogens is 285 g/mol. The first-order chi connectivity index (χ1) is 10.6. The van der Waals surface area contributed by atoms with Gasteiger partial charge in [-0.25, -0.2) is 4.39 Å². The Bertz CT molecular complexity index is 499. The Kier molecular flexibility index (Phi) is 6.19. The summed E-state index contributed by atoms with van der Waals surface area (Å²) in [4.78, 5) is 14.1. The first kappa shape index (κ1) is 16.7. The van der Waals surface area contributed by atoms with E-state index in [1.54, 1.807) is 12.1 Å². The molecule has 0 N–H and O–H groups in total. The number of carbonyl (C=O) groups excluding carboxylic acids is 1. The Morgan fingerprint density at radius 1 is 1.36 bits per heavy atom. The summed E-state index contributed by atoms with van der Waals surface area (Å²) in [7, 11) is 1.44. The molecule has 1 heterocycles. The lowest BCUT2D eigenvalue weighted by Gasteiger charge is -2.31. The van der Waals surface area contributed by atoms with E-state index in [2.05, 4.69) is 0 Å². The normalized spacial score (nSPS) is 15.9.